The third-order valence-electron chi connectivity index (χ3n) is 1.41. The highest BCUT2D eigenvalue weighted by molar-refractivity contribution is 6.00. The second kappa shape index (κ2) is 3.24. The van der Waals surface area contributed by atoms with Crippen LogP contribution in [0.1, 0.15) is 16.3 Å². The molecule has 8 nitrogen and oxygen atoms in total. The predicted molar refractivity (Wildman–Crippen MR) is 43.4 cm³/mol. The van der Waals surface area contributed by atoms with Gasteiger partial charge in [0.1, 0.15) is 0 Å². The van der Waals surface area contributed by atoms with E-state index in [0.717, 1.165) is 0 Å². The quantitative estimate of drug-likeness (QED) is 0.682. The Kier molecular flexibility index (Phi) is 1.94. The molecule has 72 valence electrons. The lowest BCUT2D eigenvalue weighted by Crippen LogP contribution is -2.13. The number of rotatable bonds is 2. The Morgan fingerprint density at radius 3 is 3.07 bits per heavy atom. The molecule has 0 radical (unpaired) electrons. The van der Waals surface area contributed by atoms with Crippen LogP contribution in [0, 0.1) is 6.92 Å². The van der Waals surface area contributed by atoms with Gasteiger partial charge in [-0.15, -0.1) is 10.2 Å². The highest BCUT2D eigenvalue weighted by Gasteiger charge is 2.12. The first kappa shape index (κ1) is 8.35. The number of carbonyl (C=O) groups excluding carboxylic acids is 1. The van der Waals surface area contributed by atoms with Gasteiger partial charge >= 0.3 is 0 Å². The van der Waals surface area contributed by atoms with Gasteiger partial charge in [0.15, 0.2) is 0 Å². The van der Waals surface area contributed by atoms with Crippen LogP contribution in [0.15, 0.2) is 10.6 Å². The van der Waals surface area contributed by atoms with Crippen LogP contribution in [0.2, 0.25) is 0 Å². The van der Waals surface area contributed by atoms with Crippen molar-refractivity contribution in [1.82, 2.24) is 25.8 Å². The summed E-state index contributed by atoms with van der Waals surface area (Å²) < 4.78 is 4.76. The number of hydrogen-bond donors (Lipinski definition) is 2. The van der Waals surface area contributed by atoms with E-state index < -0.39 is 5.91 Å². The van der Waals surface area contributed by atoms with Crippen LogP contribution >= 0.6 is 0 Å². The number of nitrogens with one attached hydrogen (secondary N) is 2. The van der Waals surface area contributed by atoms with Gasteiger partial charge in [0.25, 0.3) is 11.7 Å². The molecule has 0 fully saturated rings. The smallest absolute Gasteiger partial charge is 0.299 e. The van der Waals surface area contributed by atoms with E-state index in [1.807, 2.05) is 0 Å². The van der Waals surface area contributed by atoms with Crippen molar-refractivity contribution in [3.05, 3.63) is 17.6 Å². The first-order valence-corrected chi connectivity index (χ1v) is 3.74. The van der Waals surface area contributed by atoms with Gasteiger partial charge in [-0.25, -0.2) is 0 Å². The van der Waals surface area contributed by atoms with Gasteiger partial charge in [0.2, 0.25) is 5.88 Å². The number of anilines is 1. The van der Waals surface area contributed by atoms with Gasteiger partial charge < -0.3 is 4.52 Å². The number of carbonyl (C=O) groups is 1. The molecule has 2 aromatic rings. The average molecular weight is 194 g/mol. The van der Waals surface area contributed by atoms with E-state index in [1.54, 1.807) is 13.0 Å². The summed E-state index contributed by atoms with van der Waals surface area (Å²) in [6, 6.07) is 1.58. The molecule has 0 saturated heterocycles. The van der Waals surface area contributed by atoms with Crippen LogP contribution in [0.5, 0.6) is 0 Å². The lowest BCUT2D eigenvalue weighted by Gasteiger charge is -1.93. The second-order valence-electron chi connectivity index (χ2n) is 2.52. The summed E-state index contributed by atoms with van der Waals surface area (Å²) in [5, 5.41) is 18.4. The number of aryl methyl sites for hydroxylation is 1. The van der Waals surface area contributed by atoms with Crippen molar-refractivity contribution in [2.45, 2.75) is 6.92 Å². The van der Waals surface area contributed by atoms with Crippen molar-refractivity contribution in [2.75, 3.05) is 5.32 Å². The molecule has 2 rings (SSSR count). The third-order valence-corrected chi connectivity index (χ3v) is 1.41. The number of aromatic amines is 1. The van der Waals surface area contributed by atoms with Crippen LogP contribution in [0.3, 0.4) is 0 Å². The largest absolute Gasteiger partial charge is 0.338 e. The van der Waals surface area contributed by atoms with Crippen molar-refractivity contribution in [1.29, 1.82) is 0 Å². The summed E-state index contributed by atoms with van der Waals surface area (Å²) in [5.74, 6) is -0.314. The van der Waals surface area contributed by atoms with E-state index in [-0.39, 0.29) is 11.7 Å². The number of hydrogen-bond acceptors (Lipinski definition) is 6. The van der Waals surface area contributed by atoms with Crippen LogP contribution in [0.25, 0.3) is 0 Å². The minimum atomic E-state index is -0.505. The van der Waals surface area contributed by atoms with Crippen molar-refractivity contribution in [3.63, 3.8) is 0 Å². The molecule has 2 aromatic heterocycles. The Labute approximate surface area is 77.7 Å². The minimum absolute atomic E-state index is 0.0564. The summed E-state index contributed by atoms with van der Waals surface area (Å²) in [6.45, 7) is 1.74. The zero-order valence-corrected chi connectivity index (χ0v) is 7.18. The molecular formula is C6H6N6O2. The lowest BCUT2D eigenvalue weighted by atomic mass is 10.4. The van der Waals surface area contributed by atoms with Gasteiger partial charge in [-0.3, -0.25) is 10.1 Å². The van der Waals surface area contributed by atoms with Crippen LogP contribution < -0.4 is 5.32 Å². The highest BCUT2D eigenvalue weighted by atomic mass is 16.5. The molecule has 0 spiro atoms. The molecule has 0 saturated carbocycles. The Balaban J connectivity index is 2.09. The van der Waals surface area contributed by atoms with Gasteiger partial charge in [0.05, 0.1) is 5.69 Å². The monoisotopic (exact) mass is 194 g/mol. The first-order chi connectivity index (χ1) is 6.75. The minimum Gasteiger partial charge on any atom is -0.338 e. The van der Waals surface area contributed by atoms with E-state index in [2.05, 4.69) is 31.1 Å². The van der Waals surface area contributed by atoms with Crippen LogP contribution in [-0.2, 0) is 0 Å². The predicted octanol–water partition coefficient (Wildman–Crippen LogP) is -0.252. The summed E-state index contributed by atoms with van der Waals surface area (Å²) in [6.07, 6.45) is 0. The topological polar surface area (TPSA) is 110 Å². The van der Waals surface area contributed by atoms with E-state index >= 15 is 0 Å². The maximum Gasteiger partial charge on any atom is 0.299 e. The summed E-state index contributed by atoms with van der Waals surface area (Å²) in [7, 11) is 0. The maximum absolute atomic E-state index is 11.3. The first-order valence-electron chi connectivity index (χ1n) is 3.74. The Morgan fingerprint density at radius 1 is 1.64 bits per heavy atom. The second-order valence-corrected chi connectivity index (χ2v) is 2.52. The zero-order chi connectivity index (χ0) is 9.97. The lowest BCUT2D eigenvalue weighted by molar-refractivity contribution is 0.101. The summed E-state index contributed by atoms with van der Waals surface area (Å²) in [5.41, 5.74) is 0.674. The molecule has 0 atom stereocenters. The fraction of sp³-hybridized carbons (Fsp3) is 0.167. The van der Waals surface area contributed by atoms with E-state index in [1.165, 1.54) is 0 Å². The SMILES string of the molecule is Cc1cc(NC(=O)c2nn[nH]n2)on1. The van der Waals surface area contributed by atoms with E-state index in [9.17, 15) is 4.79 Å². The fourth-order valence-corrected chi connectivity index (χ4v) is 0.848. The van der Waals surface area contributed by atoms with Crippen LogP contribution in [0.4, 0.5) is 5.88 Å². The number of nitrogens with zero attached hydrogens (tertiary/aromatic N) is 4. The molecule has 0 aromatic carbocycles. The van der Waals surface area contributed by atoms with Crippen molar-refractivity contribution in [2.24, 2.45) is 0 Å². The summed E-state index contributed by atoms with van der Waals surface area (Å²) >= 11 is 0. The van der Waals surface area contributed by atoms with Gasteiger partial charge in [-0.2, -0.15) is 5.21 Å². The number of H-pyrrole nitrogens is 1. The highest BCUT2D eigenvalue weighted by Crippen LogP contribution is 2.08. The van der Waals surface area contributed by atoms with E-state index in [4.69, 9.17) is 4.52 Å². The Morgan fingerprint density at radius 2 is 2.50 bits per heavy atom. The molecule has 0 aliphatic heterocycles. The average Bonchev–Trinajstić information content (AvgIpc) is 2.75. The molecular weight excluding hydrogens is 188 g/mol. The zero-order valence-electron chi connectivity index (χ0n) is 7.18. The molecule has 0 bridgehead atoms. The molecule has 8 heteroatoms. The third kappa shape index (κ3) is 1.58. The number of aromatic nitrogens is 5. The maximum atomic E-state index is 11.3. The molecule has 14 heavy (non-hydrogen) atoms. The van der Waals surface area contributed by atoms with Crippen molar-refractivity contribution in [3.8, 4) is 0 Å². The molecule has 0 aliphatic carbocycles. The summed E-state index contributed by atoms with van der Waals surface area (Å²) in [4.78, 5) is 11.3. The van der Waals surface area contributed by atoms with Gasteiger partial charge in [0, 0.05) is 6.07 Å². The molecule has 1 amide bonds. The standard InChI is InChI=1S/C6H6N6O2/c1-3-2-4(14-10-3)7-6(13)5-8-11-12-9-5/h2H,1H3,(H,7,13)(H,8,9,11,12). The molecule has 2 N–H and O–H groups in total. The van der Waals surface area contributed by atoms with Crippen LogP contribution in [-0.4, -0.2) is 31.7 Å². The van der Waals surface area contributed by atoms with Gasteiger partial charge in [-0.1, -0.05) is 5.16 Å². The van der Waals surface area contributed by atoms with Crippen molar-refractivity contribution >= 4 is 11.8 Å². The fourth-order valence-electron chi connectivity index (χ4n) is 0.848. The van der Waals surface area contributed by atoms with E-state index in [0.29, 0.717) is 5.69 Å². The Bertz CT molecular complexity index is 433. The molecule has 0 unspecified atom stereocenters. The van der Waals surface area contributed by atoms with Gasteiger partial charge in [-0.05, 0) is 12.1 Å². The molecule has 2 heterocycles. The number of amides is 1. The normalized spacial score (nSPS) is 10.1. The Hall–Kier alpha value is -2.25. The van der Waals surface area contributed by atoms with Crippen molar-refractivity contribution < 1.29 is 9.32 Å². The number of tetrazole rings is 1. The molecule has 0 aliphatic rings.